The van der Waals surface area contributed by atoms with Gasteiger partial charge in [-0.05, 0) is 27.7 Å². The Labute approximate surface area is 95.3 Å². The van der Waals surface area contributed by atoms with E-state index in [1.807, 2.05) is 41.8 Å². The fraction of sp³-hybridized carbons (Fsp3) is 0.600. The highest BCUT2D eigenvalue weighted by molar-refractivity contribution is 4.86. The number of rotatable bonds is 0. The van der Waals surface area contributed by atoms with E-state index in [1.54, 1.807) is 9.36 Å². The van der Waals surface area contributed by atoms with Crippen molar-refractivity contribution >= 4 is 0 Å². The molecule has 0 saturated carbocycles. The van der Waals surface area contributed by atoms with Crippen LogP contribution in [-0.4, -0.2) is 29.5 Å². The van der Waals surface area contributed by atoms with Gasteiger partial charge in [0.1, 0.15) is 23.3 Å². The molecule has 6 heteroatoms. The maximum Gasteiger partial charge on any atom is 0.147 e. The third-order valence-corrected chi connectivity index (χ3v) is 2.17. The van der Waals surface area contributed by atoms with Crippen molar-refractivity contribution in [2.45, 2.75) is 27.7 Å². The summed E-state index contributed by atoms with van der Waals surface area (Å²) in [7, 11) is 3.77. The summed E-state index contributed by atoms with van der Waals surface area (Å²) in [6.45, 7) is 7.62. The Bertz CT molecular complexity index is 384. The largest absolute Gasteiger partial charge is 0.253 e. The minimum Gasteiger partial charge on any atom is -0.253 e. The molecule has 0 aromatic carbocycles. The van der Waals surface area contributed by atoms with Gasteiger partial charge in [-0.1, -0.05) is 0 Å². The molecule has 0 fully saturated rings. The summed E-state index contributed by atoms with van der Waals surface area (Å²) in [5, 5.41) is 8.03. The van der Waals surface area contributed by atoms with Crippen LogP contribution in [-0.2, 0) is 14.1 Å². The van der Waals surface area contributed by atoms with Crippen molar-refractivity contribution < 1.29 is 0 Å². The van der Waals surface area contributed by atoms with Crippen LogP contribution in [0.15, 0.2) is 0 Å². The molecule has 6 nitrogen and oxygen atoms in total. The van der Waals surface area contributed by atoms with E-state index in [9.17, 15) is 0 Å². The van der Waals surface area contributed by atoms with Gasteiger partial charge < -0.3 is 0 Å². The number of aryl methyl sites for hydroxylation is 6. The van der Waals surface area contributed by atoms with Crippen molar-refractivity contribution in [3.63, 3.8) is 0 Å². The molecule has 0 atom stereocenters. The van der Waals surface area contributed by atoms with Gasteiger partial charge in [-0.25, -0.2) is 9.97 Å². The van der Waals surface area contributed by atoms with Crippen LogP contribution in [0.25, 0.3) is 0 Å². The van der Waals surface area contributed by atoms with E-state index in [4.69, 9.17) is 0 Å². The molecule has 2 rings (SSSR count). The van der Waals surface area contributed by atoms with Crippen LogP contribution >= 0.6 is 0 Å². The van der Waals surface area contributed by atoms with Crippen LogP contribution in [0.5, 0.6) is 0 Å². The molecule has 0 amide bonds. The van der Waals surface area contributed by atoms with E-state index in [2.05, 4.69) is 20.2 Å². The highest BCUT2D eigenvalue weighted by Crippen LogP contribution is 1.90. The summed E-state index contributed by atoms with van der Waals surface area (Å²) in [6, 6.07) is 0. The Morgan fingerprint density at radius 2 is 1.00 bits per heavy atom. The summed E-state index contributed by atoms with van der Waals surface area (Å²) in [5.74, 6) is 3.60. The van der Waals surface area contributed by atoms with Gasteiger partial charge in [0, 0.05) is 14.1 Å². The van der Waals surface area contributed by atoms with Crippen LogP contribution in [0.4, 0.5) is 0 Å². The molecule has 2 heterocycles. The van der Waals surface area contributed by atoms with Crippen LogP contribution in [0.1, 0.15) is 23.3 Å². The third-order valence-electron chi connectivity index (χ3n) is 2.17. The molecule has 0 N–H and O–H groups in total. The molecule has 0 bridgehead atoms. The maximum absolute atomic E-state index is 4.06. The van der Waals surface area contributed by atoms with E-state index >= 15 is 0 Å². The van der Waals surface area contributed by atoms with Crippen LogP contribution < -0.4 is 0 Å². The normalized spacial score (nSPS) is 9.88. The second-order valence-electron chi connectivity index (χ2n) is 3.66. The Balaban J connectivity index is 0.000000160. The molecule has 88 valence electrons. The Morgan fingerprint density at radius 3 is 1.06 bits per heavy atom. The first kappa shape index (κ1) is 12.4. The predicted octanol–water partition coefficient (Wildman–Crippen LogP) is 0.864. The first-order chi connectivity index (χ1) is 7.40. The van der Waals surface area contributed by atoms with Gasteiger partial charge in [0.05, 0.1) is 0 Å². The Morgan fingerprint density at radius 1 is 0.688 bits per heavy atom. The molecular formula is C10H18N6. The second-order valence-corrected chi connectivity index (χ2v) is 3.66. The van der Waals surface area contributed by atoms with E-state index in [-0.39, 0.29) is 0 Å². The lowest BCUT2D eigenvalue weighted by molar-refractivity contribution is 0.728. The van der Waals surface area contributed by atoms with Crippen molar-refractivity contribution in [1.82, 2.24) is 29.5 Å². The Hall–Kier alpha value is -1.72. The Kier molecular flexibility index (Phi) is 3.76. The van der Waals surface area contributed by atoms with Gasteiger partial charge >= 0.3 is 0 Å². The fourth-order valence-electron chi connectivity index (χ4n) is 1.24. The molecule has 16 heavy (non-hydrogen) atoms. The highest BCUT2D eigenvalue weighted by Gasteiger charge is 1.94. The number of hydrogen-bond acceptors (Lipinski definition) is 4. The van der Waals surface area contributed by atoms with Gasteiger partial charge in [-0.15, -0.1) is 0 Å². The van der Waals surface area contributed by atoms with E-state index in [0.29, 0.717) is 0 Å². The maximum atomic E-state index is 4.06. The van der Waals surface area contributed by atoms with Gasteiger partial charge in [0.15, 0.2) is 0 Å². The van der Waals surface area contributed by atoms with E-state index in [0.717, 1.165) is 23.3 Å². The van der Waals surface area contributed by atoms with Gasteiger partial charge in [-0.3, -0.25) is 9.36 Å². The zero-order valence-electron chi connectivity index (χ0n) is 10.7. The average Bonchev–Trinajstić information content (AvgIpc) is 2.58. The number of hydrogen-bond donors (Lipinski definition) is 0. The summed E-state index contributed by atoms with van der Waals surface area (Å²) in [4.78, 5) is 8.12. The molecule has 0 aliphatic carbocycles. The zero-order chi connectivity index (χ0) is 12.3. The third kappa shape index (κ3) is 3.15. The minimum atomic E-state index is 0.838. The van der Waals surface area contributed by atoms with Gasteiger partial charge in [-0.2, -0.15) is 10.2 Å². The minimum absolute atomic E-state index is 0.838. The lowest BCUT2D eigenvalue weighted by atomic mass is 10.7. The zero-order valence-corrected chi connectivity index (χ0v) is 10.7. The molecule has 0 aliphatic heterocycles. The van der Waals surface area contributed by atoms with E-state index in [1.165, 1.54) is 0 Å². The van der Waals surface area contributed by atoms with Crippen LogP contribution in [0.3, 0.4) is 0 Å². The number of aromatic nitrogens is 6. The molecule has 0 radical (unpaired) electrons. The van der Waals surface area contributed by atoms with E-state index < -0.39 is 0 Å². The van der Waals surface area contributed by atoms with Gasteiger partial charge in [0.2, 0.25) is 0 Å². The molecule has 0 saturated heterocycles. The monoisotopic (exact) mass is 222 g/mol. The second kappa shape index (κ2) is 4.87. The smallest absolute Gasteiger partial charge is 0.147 e. The average molecular weight is 222 g/mol. The summed E-state index contributed by atoms with van der Waals surface area (Å²) in [6.07, 6.45) is 0. The van der Waals surface area contributed by atoms with Crippen molar-refractivity contribution in [1.29, 1.82) is 0 Å². The highest BCUT2D eigenvalue weighted by atomic mass is 15.3. The molecular weight excluding hydrogens is 204 g/mol. The van der Waals surface area contributed by atoms with Crippen molar-refractivity contribution in [3.8, 4) is 0 Å². The summed E-state index contributed by atoms with van der Waals surface area (Å²) < 4.78 is 3.52. The first-order valence-electron chi connectivity index (χ1n) is 5.08. The molecule has 0 aliphatic rings. The van der Waals surface area contributed by atoms with Crippen molar-refractivity contribution in [2.75, 3.05) is 0 Å². The quantitative estimate of drug-likeness (QED) is 0.663. The summed E-state index contributed by atoms with van der Waals surface area (Å²) in [5.41, 5.74) is 0. The van der Waals surface area contributed by atoms with Crippen molar-refractivity contribution in [2.24, 2.45) is 14.1 Å². The lowest BCUT2D eigenvalue weighted by Crippen LogP contribution is -1.92. The topological polar surface area (TPSA) is 61.4 Å². The number of nitrogens with zero attached hydrogens (tertiary/aromatic N) is 6. The fourth-order valence-corrected chi connectivity index (χ4v) is 1.24. The SMILES string of the molecule is Cc1nc(C)n(C)n1.Cc1nc(C)n(C)n1. The molecule has 2 aromatic rings. The first-order valence-corrected chi connectivity index (χ1v) is 5.08. The predicted molar refractivity (Wildman–Crippen MR) is 61.0 cm³/mol. The van der Waals surface area contributed by atoms with Crippen LogP contribution in [0, 0.1) is 27.7 Å². The van der Waals surface area contributed by atoms with Crippen molar-refractivity contribution in [3.05, 3.63) is 23.3 Å². The molecule has 2 aromatic heterocycles. The van der Waals surface area contributed by atoms with Gasteiger partial charge in [0.25, 0.3) is 0 Å². The summed E-state index contributed by atoms with van der Waals surface area (Å²) >= 11 is 0. The molecule has 0 unspecified atom stereocenters. The lowest BCUT2D eigenvalue weighted by Gasteiger charge is -1.84. The standard InChI is InChI=1S/2C5H9N3/c2*1-4-6-5(2)8(3)7-4/h2*1-3H3. The van der Waals surface area contributed by atoms with Crippen LogP contribution in [0.2, 0.25) is 0 Å². The molecule has 0 spiro atoms.